The van der Waals surface area contributed by atoms with Gasteiger partial charge >= 0.3 is 0 Å². The molecule has 0 saturated heterocycles. The fourth-order valence-corrected chi connectivity index (χ4v) is 1.66. The summed E-state index contributed by atoms with van der Waals surface area (Å²) >= 11 is 5.97. The minimum atomic E-state index is 0.280. The maximum atomic E-state index is 10.6. The van der Waals surface area contributed by atoms with Gasteiger partial charge in [-0.3, -0.25) is 4.79 Å². The Kier molecular flexibility index (Phi) is 3.53. The van der Waals surface area contributed by atoms with E-state index in [-0.39, 0.29) is 5.92 Å². The van der Waals surface area contributed by atoms with Gasteiger partial charge in [-0.15, -0.1) is 0 Å². The molecule has 0 aliphatic rings. The van der Waals surface area contributed by atoms with Gasteiger partial charge in [-0.25, -0.2) is 0 Å². The first-order valence-corrected chi connectivity index (χ1v) is 4.80. The molecule has 14 heavy (non-hydrogen) atoms. The van der Waals surface area contributed by atoms with Crippen LogP contribution in [0.15, 0.2) is 12.1 Å². The van der Waals surface area contributed by atoms with Crippen LogP contribution in [-0.2, 0) is 0 Å². The Labute approximate surface area is 88.8 Å². The number of carbonyl (C=O) groups excluding carboxylic acids is 1. The number of aldehydes is 1. The molecule has 0 bridgehead atoms. The number of hydrogen-bond donors (Lipinski definition) is 0. The molecule has 0 radical (unpaired) electrons. The van der Waals surface area contributed by atoms with E-state index < -0.39 is 0 Å². The molecule has 0 spiro atoms. The molecule has 0 aromatic heterocycles. The van der Waals surface area contributed by atoms with Gasteiger partial charge in [0.25, 0.3) is 0 Å². The van der Waals surface area contributed by atoms with E-state index in [1.54, 1.807) is 13.2 Å². The lowest BCUT2D eigenvalue weighted by Crippen LogP contribution is -1.97. The second-order valence-electron chi connectivity index (χ2n) is 3.40. The van der Waals surface area contributed by atoms with Crippen molar-refractivity contribution in [3.63, 3.8) is 0 Å². The summed E-state index contributed by atoms with van der Waals surface area (Å²) < 4.78 is 5.19. The van der Waals surface area contributed by atoms with Gasteiger partial charge in [0, 0.05) is 5.56 Å². The summed E-state index contributed by atoms with van der Waals surface area (Å²) in [7, 11) is 1.58. The minimum Gasteiger partial charge on any atom is -0.495 e. The first-order valence-electron chi connectivity index (χ1n) is 4.42. The van der Waals surface area contributed by atoms with Gasteiger partial charge in [-0.1, -0.05) is 25.4 Å². The molecule has 0 fully saturated rings. The van der Waals surface area contributed by atoms with Crippen LogP contribution in [0.2, 0.25) is 5.02 Å². The predicted molar refractivity (Wildman–Crippen MR) is 57.5 cm³/mol. The second kappa shape index (κ2) is 4.47. The third-order valence-corrected chi connectivity index (χ3v) is 2.34. The molecular weight excluding hydrogens is 200 g/mol. The van der Waals surface area contributed by atoms with Crippen LogP contribution in [0.25, 0.3) is 0 Å². The van der Waals surface area contributed by atoms with Crippen LogP contribution < -0.4 is 4.74 Å². The molecule has 1 aromatic carbocycles. The highest BCUT2D eigenvalue weighted by Gasteiger charge is 2.12. The zero-order chi connectivity index (χ0) is 10.7. The maximum Gasteiger partial charge on any atom is 0.150 e. The number of methoxy groups -OCH3 is 1. The van der Waals surface area contributed by atoms with E-state index in [4.69, 9.17) is 16.3 Å². The molecule has 0 N–H and O–H groups in total. The second-order valence-corrected chi connectivity index (χ2v) is 3.80. The van der Waals surface area contributed by atoms with Crippen LogP contribution in [-0.4, -0.2) is 13.4 Å². The third kappa shape index (κ3) is 2.07. The molecule has 76 valence electrons. The number of ether oxygens (including phenoxy) is 1. The first-order chi connectivity index (χ1) is 6.60. The highest BCUT2D eigenvalue weighted by Crippen LogP contribution is 2.34. The largest absolute Gasteiger partial charge is 0.495 e. The topological polar surface area (TPSA) is 26.3 Å². The number of hydrogen-bond acceptors (Lipinski definition) is 2. The van der Waals surface area contributed by atoms with Gasteiger partial charge in [-0.05, 0) is 23.6 Å². The lowest BCUT2D eigenvalue weighted by Gasteiger charge is -2.13. The van der Waals surface area contributed by atoms with E-state index in [0.717, 1.165) is 11.8 Å². The standard InChI is InChI=1S/C11H13ClO2/c1-7(2)9-4-8(6-13)5-10(12)11(9)14-3/h4-7H,1-3H3. The highest BCUT2D eigenvalue weighted by atomic mass is 35.5. The van der Waals surface area contributed by atoms with Crippen molar-refractivity contribution in [2.24, 2.45) is 0 Å². The molecule has 1 aromatic rings. The van der Waals surface area contributed by atoms with E-state index in [9.17, 15) is 4.79 Å². The smallest absolute Gasteiger partial charge is 0.150 e. The predicted octanol–water partition coefficient (Wildman–Crippen LogP) is 3.28. The first kappa shape index (κ1) is 11.1. The van der Waals surface area contributed by atoms with E-state index in [0.29, 0.717) is 16.3 Å². The van der Waals surface area contributed by atoms with E-state index in [2.05, 4.69) is 0 Å². The third-order valence-electron chi connectivity index (χ3n) is 2.06. The van der Waals surface area contributed by atoms with Crippen molar-refractivity contribution in [1.82, 2.24) is 0 Å². The molecule has 0 amide bonds. The van der Waals surface area contributed by atoms with Crippen LogP contribution in [0.1, 0.15) is 35.7 Å². The van der Waals surface area contributed by atoms with Crippen LogP contribution in [0.3, 0.4) is 0 Å². The average Bonchev–Trinajstić information content (AvgIpc) is 2.16. The summed E-state index contributed by atoms with van der Waals surface area (Å²) in [5, 5.41) is 0.487. The van der Waals surface area contributed by atoms with Crippen molar-refractivity contribution in [3.8, 4) is 5.75 Å². The normalized spacial score (nSPS) is 10.4. The van der Waals surface area contributed by atoms with Crippen molar-refractivity contribution >= 4 is 17.9 Å². The Morgan fingerprint density at radius 2 is 2.07 bits per heavy atom. The molecule has 0 aliphatic heterocycles. The summed E-state index contributed by atoms with van der Waals surface area (Å²) in [6.07, 6.45) is 0.789. The number of rotatable bonds is 3. The average molecular weight is 213 g/mol. The van der Waals surface area contributed by atoms with Crippen molar-refractivity contribution in [2.45, 2.75) is 19.8 Å². The van der Waals surface area contributed by atoms with E-state index >= 15 is 0 Å². The van der Waals surface area contributed by atoms with Gasteiger partial charge < -0.3 is 4.74 Å². The SMILES string of the molecule is COc1c(Cl)cc(C=O)cc1C(C)C. The van der Waals surface area contributed by atoms with Crippen LogP contribution in [0.5, 0.6) is 5.75 Å². The fraction of sp³-hybridized carbons (Fsp3) is 0.364. The van der Waals surface area contributed by atoms with Gasteiger partial charge in [0.05, 0.1) is 12.1 Å². The van der Waals surface area contributed by atoms with Gasteiger partial charge in [-0.2, -0.15) is 0 Å². The Bertz CT molecular complexity index is 345. The molecule has 0 heterocycles. The lowest BCUT2D eigenvalue weighted by atomic mass is 10.00. The molecule has 0 atom stereocenters. The van der Waals surface area contributed by atoms with Gasteiger partial charge in [0.1, 0.15) is 12.0 Å². The van der Waals surface area contributed by atoms with Crippen molar-refractivity contribution in [1.29, 1.82) is 0 Å². The molecule has 1 rings (SSSR count). The maximum absolute atomic E-state index is 10.6. The van der Waals surface area contributed by atoms with Crippen molar-refractivity contribution < 1.29 is 9.53 Å². The van der Waals surface area contributed by atoms with Gasteiger partial charge in [0.15, 0.2) is 0 Å². The summed E-state index contributed by atoms with van der Waals surface area (Å²) in [5.74, 6) is 0.939. The fourth-order valence-electron chi connectivity index (χ4n) is 1.35. The Morgan fingerprint density at radius 3 is 2.50 bits per heavy atom. The van der Waals surface area contributed by atoms with E-state index in [1.165, 1.54) is 0 Å². The molecular formula is C11H13ClO2. The summed E-state index contributed by atoms with van der Waals surface area (Å²) in [6, 6.07) is 3.42. The Hall–Kier alpha value is -1.02. The Balaban J connectivity index is 3.35. The Morgan fingerprint density at radius 1 is 1.43 bits per heavy atom. The number of benzene rings is 1. The monoisotopic (exact) mass is 212 g/mol. The number of halogens is 1. The molecule has 0 aliphatic carbocycles. The van der Waals surface area contributed by atoms with Crippen LogP contribution in [0.4, 0.5) is 0 Å². The van der Waals surface area contributed by atoms with Crippen LogP contribution in [0, 0.1) is 0 Å². The zero-order valence-electron chi connectivity index (χ0n) is 8.50. The van der Waals surface area contributed by atoms with Crippen LogP contribution >= 0.6 is 11.6 Å². The van der Waals surface area contributed by atoms with Gasteiger partial charge in [0.2, 0.25) is 0 Å². The summed E-state index contributed by atoms with van der Waals surface area (Å²) in [5.41, 5.74) is 1.54. The number of carbonyl (C=O) groups is 1. The zero-order valence-corrected chi connectivity index (χ0v) is 9.26. The summed E-state index contributed by atoms with van der Waals surface area (Å²) in [6.45, 7) is 4.06. The molecule has 2 nitrogen and oxygen atoms in total. The van der Waals surface area contributed by atoms with E-state index in [1.807, 2.05) is 19.9 Å². The molecule has 3 heteroatoms. The molecule has 0 saturated carbocycles. The quantitative estimate of drug-likeness (QED) is 0.719. The minimum absolute atomic E-state index is 0.280. The summed E-state index contributed by atoms with van der Waals surface area (Å²) in [4.78, 5) is 10.6. The van der Waals surface area contributed by atoms with Crippen molar-refractivity contribution in [2.75, 3.05) is 7.11 Å². The molecule has 0 unspecified atom stereocenters. The lowest BCUT2D eigenvalue weighted by molar-refractivity contribution is 0.112. The highest BCUT2D eigenvalue weighted by molar-refractivity contribution is 6.32. The van der Waals surface area contributed by atoms with Crippen molar-refractivity contribution in [3.05, 3.63) is 28.3 Å².